The van der Waals surface area contributed by atoms with Crippen molar-refractivity contribution in [3.05, 3.63) is 0 Å². The highest BCUT2D eigenvalue weighted by atomic mass is 16.1. The second-order valence-corrected chi connectivity index (χ2v) is 7.80. The lowest BCUT2D eigenvalue weighted by Gasteiger charge is -2.33. The van der Waals surface area contributed by atoms with Crippen LogP contribution in [-0.4, -0.2) is 30.3 Å². The predicted octanol–water partition coefficient (Wildman–Crippen LogP) is 5.31. The van der Waals surface area contributed by atoms with Gasteiger partial charge in [-0.05, 0) is 57.0 Å². The Bertz CT molecular complexity index is 292. The smallest absolute Gasteiger partial charge is 0.149 e. The zero-order valence-electron chi connectivity index (χ0n) is 15.6. The fourth-order valence-corrected chi connectivity index (χ4v) is 3.85. The summed E-state index contributed by atoms with van der Waals surface area (Å²) in [4.78, 5) is 15.0. The maximum Gasteiger partial charge on any atom is 0.149 e. The van der Waals surface area contributed by atoms with Gasteiger partial charge in [0.25, 0.3) is 0 Å². The maximum absolute atomic E-state index is 12.6. The van der Waals surface area contributed by atoms with Gasteiger partial charge in [0, 0.05) is 5.92 Å². The van der Waals surface area contributed by atoms with Crippen molar-refractivity contribution in [1.29, 1.82) is 0 Å². The van der Waals surface area contributed by atoms with Crippen LogP contribution in [0.2, 0.25) is 0 Å². The minimum Gasteiger partial charge on any atom is -0.298 e. The summed E-state index contributed by atoms with van der Waals surface area (Å²) in [6.07, 6.45) is 11.0. The first kappa shape index (κ1) is 19.7. The van der Waals surface area contributed by atoms with E-state index in [0.717, 1.165) is 44.2 Å². The molecule has 0 aromatic carbocycles. The fraction of sp³-hybridized carbons (Fsp3) is 0.950. The highest BCUT2D eigenvalue weighted by Crippen LogP contribution is 2.25. The molecule has 1 fully saturated rings. The molecule has 0 aliphatic carbocycles. The SMILES string of the molecule is CCCCCC(CCC)C(=O)CN1CCC(CC(C)C)CC1. The first-order chi connectivity index (χ1) is 10.6. The molecule has 22 heavy (non-hydrogen) atoms. The van der Waals surface area contributed by atoms with Gasteiger partial charge in [0.1, 0.15) is 5.78 Å². The Balaban J connectivity index is 2.33. The van der Waals surface area contributed by atoms with E-state index in [4.69, 9.17) is 0 Å². The minimum atomic E-state index is 0.324. The Kier molecular flexibility index (Phi) is 10.0. The Morgan fingerprint density at radius 2 is 1.73 bits per heavy atom. The number of hydrogen-bond donors (Lipinski definition) is 0. The summed E-state index contributed by atoms with van der Waals surface area (Å²) in [5, 5.41) is 0. The number of Topliss-reactive ketones (excluding diaryl/α,β-unsaturated/α-hetero) is 1. The van der Waals surface area contributed by atoms with Gasteiger partial charge in [-0.3, -0.25) is 9.69 Å². The molecule has 1 unspecified atom stereocenters. The van der Waals surface area contributed by atoms with Crippen molar-refractivity contribution in [2.45, 2.75) is 85.5 Å². The molecule has 1 saturated heterocycles. The van der Waals surface area contributed by atoms with Crippen LogP contribution in [0.3, 0.4) is 0 Å². The summed E-state index contributed by atoms with van der Waals surface area (Å²) in [5.74, 6) is 2.54. The van der Waals surface area contributed by atoms with E-state index in [1.165, 1.54) is 38.5 Å². The Labute approximate surface area is 139 Å². The highest BCUT2D eigenvalue weighted by molar-refractivity contribution is 5.82. The Morgan fingerprint density at radius 3 is 2.27 bits per heavy atom. The number of likely N-dealkylation sites (tertiary alicyclic amines) is 1. The van der Waals surface area contributed by atoms with E-state index in [9.17, 15) is 4.79 Å². The van der Waals surface area contributed by atoms with Crippen LogP contribution in [0.5, 0.6) is 0 Å². The molecular formula is C20H39NO. The van der Waals surface area contributed by atoms with Crippen LogP contribution in [0.15, 0.2) is 0 Å². The fourth-order valence-electron chi connectivity index (χ4n) is 3.85. The molecule has 0 aromatic rings. The summed E-state index contributed by atoms with van der Waals surface area (Å²) >= 11 is 0. The van der Waals surface area contributed by atoms with Gasteiger partial charge in [-0.2, -0.15) is 0 Å². The summed E-state index contributed by atoms with van der Waals surface area (Å²) in [7, 11) is 0. The molecule has 1 aliphatic heterocycles. The number of piperidine rings is 1. The van der Waals surface area contributed by atoms with Crippen LogP contribution >= 0.6 is 0 Å². The van der Waals surface area contributed by atoms with Crippen LogP contribution in [-0.2, 0) is 4.79 Å². The number of nitrogens with zero attached hydrogens (tertiary/aromatic N) is 1. The standard InChI is InChI=1S/C20H39NO/c1-5-7-8-10-19(9-6-2)20(22)16-21-13-11-18(12-14-21)15-17(3)4/h17-19H,5-16H2,1-4H3. The third-order valence-electron chi connectivity index (χ3n) is 5.14. The van der Waals surface area contributed by atoms with E-state index < -0.39 is 0 Å². The van der Waals surface area contributed by atoms with Crippen molar-refractivity contribution in [2.75, 3.05) is 19.6 Å². The lowest BCUT2D eigenvalue weighted by molar-refractivity contribution is -0.124. The first-order valence-electron chi connectivity index (χ1n) is 9.81. The van der Waals surface area contributed by atoms with Gasteiger partial charge in [0.2, 0.25) is 0 Å². The van der Waals surface area contributed by atoms with Crippen LogP contribution in [0.4, 0.5) is 0 Å². The van der Waals surface area contributed by atoms with E-state index in [-0.39, 0.29) is 0 Å². The van der Waals surface area contributed by atoms with Gasteiger partial charge < -0.3 is 0 Å². The lowest BCUT2D eigenvalue weighted by Crippen LogP contribution is -2.39. The monoisotopic (exact) mass is 309 g/mol. The largest absolute Gasteiger partial charge is 0.298 e. The maximum atomic E-state index is 12.6. The van der Waals surface area contributed by atoms with Crippen molar-refractivity contribution in [2.24, 2.45) is 17.8 Å². The summed E-state index contributed by atoms with van der Waals surface area (Å²) in [6, 6.07) is 0. The molecule has 1 atom stereocenters. The van der Waals surface area contributed by atoms with Gasteiger partial charge in [0.05, 0.1) is 6.54 Å². The second-order valence-electron chi connectivity index (χ2n) is 7.80. The van der Waals surface area contributed by atoms with Crippen LogP contribution in [0, 0.1) is 17.8 Å². The molecule has 0 aromatic heterocycles. The molecule has 130 valence electrons. The van der Waals surface area contributed by atoms with Crippen molar-refractivity contribution in [3.63, 3.8) is 0 Å². The molecule has 0 spiro atoms. The third kappa shape index (κ3) is 7.76. The molecule has 0 saturated carbocycles. The lowest BCUT2D eigenvalue weighted by atomic mass is 9.88. The molecule has 0 N–H and O–H groups in total. The van der Waals surface area contributed by atoms with Crippen molar-refractivity contribution >= 4 is 5.78 Å². The third-order valence-corrected chi connectivity index (χ3v) is 5.14. The molecule has 0 amide bonds. The average Bonchev–Trinajstić information content (AvgIpc) is 2.48. The van der Waals surface area contributed by atoms with Crippen LogP contribution in [0.25, 0.3) is 0 Å². The second kappa shape index (κ2) is 11.2. The topological polar surface area (TPSA) is 20.3 Å². The van der Waals surface area contributed by atoms with E-state index in [1.807, 2.05) is 0 Å². The van der Waals surface area contributed by atoms with E-state index in [2.05, 4.69) is 32.6 Å². The van der Waals surface area contributed by atoms with Gasteiger partial charge in [-0.15, -0.1) is 0 Å². The number of unbranched alkanes of at least 4 members (excludes halogenated alkanes) is 2. The average molecular weight is 310 g/mol. The van der Waals surface area contributed by atoms with Crippen molar-refractivity contribution in [1.82, 2.24) is 4.90 Å². The molecule has 1 heterocycles. The zero-order valence-corrected chi connectivity index (χ0v) is 15.6. The molecule has 1 rings (SSSR count). The molecule has 2 nitrogen and oxygen atoms in total. The van der Waals surface area contributed by atoms with Gasteiger partial charge in [-0.1, -0.05) is 53.4 Å². The van der Waals surface area contributed by atoms with Gasteiger partial charge in [0.15, 0.2) is 0 Å². The molecule has 0 radical (unpaired) electrons. The highest BCUT2D eigenvalue weighted by Gasteiger charge is 2.24. The van der Waals surface area contributed by atoms with Crippen LogP contribution < -0.4 is 0 Å². The number of rotatable bonds is 11. The van der Waals surface area contributed by atoms with Gasteiger partial charge in [-0.25, -0.2) is 0 Å². The normalized spacial score (nSPS) is 18.8. The predicted molar refractivity (Wildman–Crippen MR) is 96.2 cm³/mol. The molecule has 2 heteroatoms. The van der Waals surface area contributed by atoms with E-state index >= 15 is 0 Å². The van der Waals surface area contributed by atoms with Crippen molar-refractivity contribution in [3.8, 4) is 0 Å². The quantitative estimate of drug-likeness (QED) is 0.482. The number of hydrogen-bond acceptors (Lipinski definition) is 2. The molecule has 0 bridgehead atoms. The zero-order chi connectivity index (χ0) is 16.4. The molecular weight excluding hydrogens is 270 g/mol. The first-order valence-corrected chi connectivity index (χ1v) is 9.81. The van der Waals surface area contributed by atoms with Crippen LogP contribution in [0.1, 0.15) is 85.5 Å². The van der Waals surface area contributed by atoms with Gasteiger partial charge >= 0.3 is 0 Å². The Morgan fingerprint density at radius 1 is 1.05 bits per heavy atom. The van der Waals surface area contributed by atoms with Crippen molar-refractivity contribution < 1.29 is 4.79 Å². The minimum absolute atomic E-state index is 0.324. The number of ketones is 1. The number of carbonyl (C=O) groups excluding carboxylic acids is 1. The van der Waals surface area contributed by atoms with E-state index in [0.29, 0.717) is 18.2 Å². The van der Waals surface area contributed by atoms with E-state index in [1.54, 1.807) is 0 Å². The molecule has 1 aliphatic rings. The number of carbonyl (C=O) groups is 1. The Hall–Kier alpha value is -0.370. The summed E-state index contributed by atoms with van der Waals surface area (Å²) in [5.41, 5.74) is 0. The summed E-state index contributed by atoms with van der Waals surface area (Å²) < 4.78 is 0. The summed E-state index contributed by atoms with van der Waals surface area (Å²) in [6.45, 7) is 12.1.